The van der Waals surface area contributed by atoms with Gasteiger partial charge in [0.1, 0.15) is 6.10 Å². The average molecular weight is 241 g/mol. The second kappa shape index (κ2) is 4.50. The quantitative estimate of drug-likeness (QED) is 0.759. The van der Waals surface area contributed by atoms with Crippen molar-refractivity contribution < 1.29 is 9.53 Å². The number of pyridine rings is 1. The summed E-state index contributed by atoms with van der Waals surface area (Å²) in [5, 5.41) is 1.00. The van der Waals surface area contributed by atoms with Gasteiger partial charge in [0, 0.05) is 23.3 Å². The monoisotopic (exact) mass is 241 g/mol. The van der Waals surface area contributed by atoms with Crippen molar-refractivity contribution in [3.8, 4) is 0 Å². The molecule has 0 amide bonds. The van der Waals surface area contributed by atoms with Crippen molar-refractivity contribution in [3.05, 3.63) is 41.6 Å². The van der Waals surface area contributed by atoms with E-state index in [0.29, 0.717) is 6.61 Å². The molecule has 92 valence electrons. The Balaban J connectivity index is 1.97. The molecule has 18 heavy (non-hydrogen) atoms. The van der Waals surface area contributed by atoms with E-state index in [1.807, 2.05) is 37.3 Å². The van der Waals surface area contributed by atoms with Crippen molar-refractivity contribution in [2.75, 3.05) is 6.61 Å². The Labute approximate surface area is 106 Å². The van der Waals surface area contributed by atoms with E-state index in [-0.39, 0.29) is 11.9 Å². The fraction of sp³-hybridized carbons (Fsp3) is 0.333. The second-order valence-corrected chi connectivity index (χ2v) is 4.73. The van der Waals surface area contributed by atoms with E-state index in [0.717, 1.165) is 35.0 Å². The van der Waals surface area contributed by atoms with E-state index in [9.17, 15) is 4.79 Å². The predicted molar refractivity (Wildman–Crippen MR) is 69.8 cm³/mol. The maximum atomic E-state index is 12.2. The number of rotatable bonds is 2. The van der Waals surface area contributed by atoms with Crippen LogP contribution in [0.25, 0.3) is 10.9 Å². The van der Waals surface area contributed by atoms with E-state index < -0.39 is 0 Å². The molecule has 1 atom stereocenters. The first-order chi connectivity index (χ1) is 8.74. The predicted octanol–water partition coefficient (Wildman–Crippen LogP) is 2.90. The van der Waals surface area contributed by atoms with Crippen LogP contribution in [-0.4, -0.2) is 23.5 Å². The molecule has 1 saturated heterocycles. The molecule has 0 bridgehead atoms. The molecule has 0 N–H and O–H groups in total. The molecule has 2 aromatic rings. The van der Waals surface area contributed by atoms with Gasteiger partial charge in [0.15, 0.2) is 5.78 Å². The molecule has 1 unspecified atom stereocenters. The van der Waals surface area contributed by atoms with Crippen molar-refractivity contribution >= 4 is 16.7 Å². The number of ether oxygens (including phenoxy) is 1. The third-order valence-corrected chi connectivity index (χ3v) is 3.34. The molecule has 2 heterocycles. The molecule has 1 aromatic carbocycles. The van der Waals surface area contributed by atoms with Crippen LogP contribution in [-0.2, 0) is 4.74 Å². The molecule has 1 aliphatic heterocycles. The van der Waals surface area contributed by atoms with Crippen LogP contribution in [0.15, 0.2) is 30.3 Å². The summed E-state index contributed by atoms with van der Waals surface area (Å²) in [6.45, 7) is 2.66. The minimum absolute atomic E-state index is 0.0926. The highest BCUT2D eigenvalue weighted by molar-refractivity contribution is 6.02. The zero-order valence-electron chi connectivity index (χ0n) is 10.3. The number of benzene rings is 1. The third-order valence-electron chi connectivity index (χ3n) is 3.34. The van der Waals surface area contributed by atoms with E-state index >= 15 is 0 Å². The Morgan fingerprint density at radius 2 is 2.22 bits per heavy atom. The van der Waals surface area contributed by atoms with Gasteiger partial charge in [0.25, 0.3) is 0 Å². The number of nitrogens with zero attached hydrogens (tertiary/aromatic N) is 1. The van der Waals surface area contributed by atoms with Crippen LogP contribution in [0, 0.1) is 6.92 Å². The number of hydrogen-bond acceptors (Lipinski definition) is 3. The van der Waals surface area contributed by atoms with Gasteiger partial charge in [-0.25, -0.2) is 0 Å². The van der Waals surface area contributed by atoms with Gasteiger partial charge in [-0.2, -0.15) is 0 Å². The van der Waals surface area contributed by atoms with Crippen LogP contribution in [0.5, 0.6) is 0 Å². The Hall–Kier alpha value is -1.74. The summed E-state index contributed by atoms with van der Waals surface area (Å²) in [7, 11) is 0. The minimum atomic E-state index is -0.249. The largest absolute Gasteiger partial charge is 0.370 e. The topological polar surface area (TPSA) is 39.2 Å². The van der Waals surface area contributed by atoms with Crippen LogP contribution < -0.4 is 0 Å². The van der Waals surface area contributed by atoms with Crippen molar-refractivity contribution in [3.63, 3.8) is 0 Å². The lowest BCUT2D eigenvalue weighted by atomic mass is 10.0. The Morgan fingerprint density at radius 1 is 1.33 bits per heavy atom. The lowest BCUT2D eigenvalue weighted by molar-refractivity contribution is 0.0643. The SMILES string of the molecule is Cc1ccc2cc(C(=O)C3CCCO3)ccc2n1. The summed E-state index contributed by atoms with van der Waals surface area (Å²) in [5.41, 5.74) is 2.64. The van der Waals surface area contributed by atoms with Crippen molar-refractivity contribution in [1.29, 1.82) is 0 Å². The van der Waals surface area contributed by atoms with Gasteiger partial charge < -0.3 is 4.74 Å². The van der Waals surface area contributed by atoms with Crippen LogP contribution in [0.1, 0.15) is 28.9 Å². The summed E-state index contributed by atoms with van der Waals surface area (Å²) in [6.07, 6.45) is 1.56. The highest BCUT2D eigenvalue weighted by Gasteiger charge is 2.24. The highest BCUT2D eigenvalue weighted by atomic mass is 16.5. The smallest absolute Gasteiger partial charge is 0.191 e. The lowest BCUT2D eigenvalue weighted by Crippen LogP contribution is -2.19. The van der Waals surface area contributed by atoms with E-state index in [4.69, 9.17) is 4.74 Å². The number of aryl methyl sites for hydroxylation is 1. The number of carbonyl (C=O) groups excluding carboxylic acids is 1. The van der Waals surface area contributed by atoms with Crippen molar-refractivity contribution in [2.45, 2.75) is 25.9 Å². The van der Waals surface area contributed by atoms with Crippen molar-refractivity contribution in [2.24, 2.45) is 0 Å². The Bertz CT molecular complexity index is 600. The van der Waals surface area contributed by atoms with Gasteiger partial charge in [-0.15, -0.1) is 0 Å². The normalized spacial score (nSPS) is 19.3. The third kappa shape index (κ3) is 2.02. The molecule has 0 aliphatic carbocycles. The highest BCUT2D eigenvalue weighted by Crippen LogP contribution is 2.20. The number of Topliss-reactive ketones (excluding diaryl/α,β-unsaturated/α-hetero) is 1. The average Bonchev–Trinajstić information content (AvgIpc) is 2.91. The summed E-state index contributed by atoms with van der Waals surface area (Å²) in [5.74, 6) is 0.0926. The molecule has 3 nitrogen and oxygen atoms in total. The molecule has 0 saturated carbocycles. The van der Waals surface area contributed by atoms with Crippen LogP contribution >= 0.6 is 0 Å². The Kier molecular flexibility index (Phi) is 2.84. The molecule has 1 aromatic heterocycles. The number of hydrogen-bond donors (Lipinski definition) is 0. The van der Waals surface area contributed by atoms with E-state index in [2.05, 4.69) is 4.98 Å². The first-order valence-corrected chi connectivity index (χ1v) is 6.27. The number of aromatic nitrogens is 1. The standard InChI is InChI=1S/C15H15NO2/c1-10-4-5-11-9-12(6-7-13(11)16-10)15(17)14-3-2-8-18-14/h4-7,9,14H,2-3,8H2,1H3. The van der Waals surface area contributed by atoms with Gasteiger partial charge in [-0.05, 0) is 44.0 Å². The van der Waals surface area contributed by atoms with Crippen LogP contribution in [0.3, 0.4) is 0 Å². The zero-order chi connectivity index (χ0) is 12.5. The molecular formula is C15H15NO2. The van der Waals surface area contributed by atoms with E-state index in [1.165, 1.54) is 0 Å². The summed E-state index contributed by atoms with van der Waals surface area (Å²) in [4.78, 5) is 16.6. The molecule has 0 radical (unpaired) electrons. The molecule has 3 heteroatoms. The van der Waals surface area contributed by atoms with Crippen LogP contribution in [0.2, 0.25) is 0 Å². The van der Waals surface area contributed by atoms with E-state index in [1.54, 1.807) is 0 Å². The number of ketones is 1. The summed E-state index contributed by atoms with van der Waals surface area (Å²) < 4.78 is 5.44. The molecular weight excluding hydrogens is 226 g/mol. The lowest BCUT2D eigenvalue weighted by Gasteiger charge is -2.08. The summed E-state index contributed by atoms with van der Waals surface area (Å²) in [6, 6.07) is 9.63. The minimum Gasteiger partial charge on any atom is -0.370 e. The maximum Gasteiger partial charge on any atom is 0.191 e. The maximum absolute atomic E-state index is 12.2. The second-order valence-electron chi connectivity index (χ2n) is 4.73. The first-order valence-electron chi connectivity index (χ1n) is 6.27. The van der Waals surface area contributed by atoms with Gasteiger partial charge in [0.05, 0.1) is 5.52 Å². The van der Waals surface area contributed by atoms with Gasteiger partial charge >= 0.3 is 0 Å². The fourth-order valence-corrected chi connectivity index (χ4v) is 2.35. The number of carbonyl (C=O) groups is 1. The zero-order valence-corrected chi connectivity index (χ0v) is 10.3. The van der Waals surface area contributed by atoms with Gasteiger partial charge in [0.2, 0.25) is 0 Å². The Morgan fingerprint density at radius 3 is 3.00 bits per heavy atom. The molecule has 0 spiro atoms. The van der Waals surface area contributed by atoms with Crippen molar-refractivity contribution in [1.82, 2.24) is 4.98 Å². The fourth-order valence-electron chi connectivity index (χ4n) is 2.35. The summed E-state index contributed by atoms with van der Waals surface area (Å²) >= 11 is 0. The molecule has 1 fully saturated rings. The van der Waals surface area contributed by atoms with Gasteiger partial charge in [-0.1, -0.05) is 6.07 Å². The van der Waals surface area contributed by atoms with Gasteiger partial charge in [-0.3, -0.25) is 9.78 Å². The van der Waals surface area contributed by atoms with Crippen LogP contribution in [0.4, 0.5) is 0 Å². The molecule has 3 rings (SSSR count). The number of fused-ring (bicyclic) bond motifs is 1. The molecule has 1 aliphatic rings. The first kappa shape index (κ1) is 11.4.